The lowest BCUT2D eigenvalue weighted by Crippen LogP contribution is -2.51. The van der Waals surface area contributed by atoms with Crippen molar-refractivity contribution in [1.29, 1.82) is 0 Å². The van der Waals surface area contributed by atoms with Gasteiger partial charge in [0.05, 0.1) is 6.10 Å². The molecule has 3 atom stereocenters. The fourth-order valence-corrected chi connectivity index (χ4v) is 4.61. The summed E-state index contributed by atoms with van der Waals surface area (Å²) in [5, 5.41) is 21.7. The van der Waals surface area contributed by atoms with E-state index in [0.717, 1.165) is 27.2 Å². The molecule has 1 saturated heterocycles. The number of carbonyl (C=O) groups excluding carboxylic acids is 2. The Kier molecular flexibility index (Phi) is 6.14. The average Bonchev–Trinajstić information content (AvgIpc) is 3.34. The summed E-state index contributed by atoms with van der Waals surface area (Å²) < 4.78 is 5.49. The van der Waals surface area contributed by atoms with E-state index >= 15 is 0 Å². The topological polar surface area (TPSA) is 116 Å². The largest absolute Gasteiger partial charge is 0.480 e. The summed E-state index contributed by atoms with van der Waals surface area (Å²) in [4.78, 5) is 37.9. The zero-order valence-electron chi connectivity index (χ0n) is 17.7. The first kappa shape index (κ1) is 21.8. The molecule has 168 valence electrons. The van der Waals surface area contributed by atoms with E-state index in [2.05, 4.69) is 5.32 Å². The van der Waals surface area contributed by atoms with Gasteiger partial charge in [0.25, 0.3) is 0 Å². The van der Waals surface area contributed by atoms with E-state index in [1.807, 2.05) is 48.5 Å². The number of hydrogen-bond donors (Lipinski definition) is 3. The maximum absolute atomic E-state index is 12.8. The van der Waals surface area contributed by atoms with Crippen LogP contribution in [-0.2, 0) is 14.3 Å². The van der Waals surface area contributed by atoms with Gasteiger partial charge in [0.1, 0.15) is 18.7 Å². The lowest BCUT2D eigenvalue weighted by atomic mass is 9.98. The maximum Gasteiger partial charge on any atom is 0.407 e. The highest BCUT2D eigenvalue weighted by atomic mass is 16.5. The van der Waals surface area contributed by atoms with Gasteiger partial charge in [0.15, 0.2) is 0 Å². The molecule has 0 aromatic heterocycles. The van der Waals surface area contributed by atoms with Gasteiger partial charge in [-0.05, 0) is 28.7 Å². The second-order valence-electron chi connectivity index (χ2n) is 8.16. The number of hydrogen-bond acceptors (Lipinski definition) is 5. The Hall–Kier alpha value is -3.39. The zero-order valence-corrected chi connectivity index (χ0v) is 17.7. The van der Waals surface area contributed by atoms with Crippen LogP contribution in [-0.4, -0.2) is 64.4 Å². The quantitative estimate of drug-likeness (QED) is 0.638. The Bertz CT molecular complexity index is 993. The van der Waals surface area contributed by atoms with Gasteiger partial charge in [-0.2, -0.15) is 0 Å². The van der Waals surface area contributed by atoms with E-state index < -0.39 is 36.2 Å². The van der Waals surface area contributed by atoms with Gasteiger partial charge in [0, 0.05) is 18.9 Å². The molecule has 8 nitrogen and oxygen atoms in total. The summed E-state index contributed by atoms with van der Waals surface area (Å²) in [6.45, 7) is 1.76. The number of likely N-dealkylation sites (tertiary alicyclic amines) is 1. The number of β-amino-alcohol motifs (C(OH)–C–C–N with tert-alkyl or cyclic N) is 1. The van der Waals surface area contributed by atoms with Crippen LogP contribution in [0.3, 0.4) is 0 Å². The molecule has 2 aromatic rings. The van der Waals surface area contributed by atoms with Crippen LogP contribution in [0, 0.1) is 0 Å². The van der Waals surface area contributed by atoms with E-state index in [-0.39, 0.29) is 31.9 Å². The fourth-order valence-electron chi connectivity index (χ4n) is 4.61. The molecule has 1 aliphatic carbocycles. The summed E-state index contributed by atoms with van der Waals surface area (Å²) in [6, 6.07) is 13.9. The average molecular weight is 438 g/mol. The van der Waals surface area contributed by atoms with Crippen LogP contribution in [0.2, 0.25) is 0 Å². The molecular formula is C24H26N2O6. The number of aliphatic carboxylic acids is 1. The summed E-state index contributed by atoms with van der Waals surface area (Å²) in [5.41, 5.74) is 4.40. The molecule has 0 bridgehead atoms. The van der Waals surface area contributed by atoms with Crippen LogP contribution in [0.4, 0.5) is 4.79 Å². The second kappa shape index (κ2) is 9.00. The molecule has 4 rings (SSSR count). The number of rotatable bonds is 6. The Morgan fingerprint density at radius 3 is 2.25 bits per heavy atom. The minimum atomic E-state index is -1.18. The molecular weight excluding hydrogens is 412 g/mol. The van der Waals surface area contributed by atoms with Crippen molar-refractivity contribution in [3.8, 4) is 11.1 Å². The van der Waals surface area contributed by atoms with Crippen molar-refractivity contribution in [3.63, 3.8) is 0 Å². The molecule has 2 aromatic carbocycles. The SMILES string of the molecule is CC[C@@H](NC(=O)OCC1c2ccccc2-c2ccccc21)C(=O)N1C[C@H](O)C[C@H]1C(=O)O. The molecule has 1 heterocycles. The van der Waals surface area contributed by atoms with Crippen LogP contribution in [0.15, 0.2) is 48.5 Å². The Morgan fingerprint density at radius 2 is 1.69 bits per heavy atom. The van der Waals surface area contributed by atoms with Crippen molar-refractivity contribution in [2.75, 3.05) is 13.2 Å². The number of ether oxygens (including phenoxy) is 1. The number of alkyl carbamates (subject to hydrolysis) is 1. The van der Waals surface area contributed by atoms with E-state index in [1.54, 1.807) is 6.92 Å². The van der Waals surface area contributed by atoms with Gasteiger partial charge < -0.3 is 25.2 Å². The van der Waals surface area contributed by atoms with E-state index in [0.29, 0.717) is 0 Å². The van der Waals surface area contributed by atoms with Crippen molar-refractivity contribution in [2.24, 2.45) is 0 Å². The van der Waals surface area contributed by atoms with Gasteiger partial charge in [-0.25, -0.2) is 9.59 Å². The molecule has 1 aliphatic heterocycles. The Labute approximate surface area is 185 Å². The number of benzene rings is 2. The number of nitrogens with one attached hydrogen (secondary N) is 1. The van der Waals surface area contributed by atoms with Gasteiger partial charge >= 0.3 is 12.1 Å². The van der Waals surface area contributed by atoms with E-state index in [9.17, 15) is 24.6 Å². The number of aliphatic hydroxyl groups is 1. The fraction of sp³-hybridized carbons (Fsp3) is 0.375. The lowest BCUT2D eigenvalue weighted by molar-refractivity contribution is -0.149. The smallest absolute Gasteiger partial charge is 0.407 e. The first-order valence-electron chi connectivity index (χ1n) is 10.7. The number of nitrogens with zero attached hydrogens (tertiary/aromatic N) is 1. The Balaban J connectivity index is 1.41. The third-order valence-corrected chi connectivity index (χ3v) is 6.19. The predicted molar refractivity (Wildman–Crippen MR) is 116 cm³/mol. The normalized spacial score (nSPS) is 20.4. The highest BCUT2D eigenvalue weighted by Crippen LogP contribution is 2.44. The number of fused-ring (bicyclic) bond motifs is 3. The number of amides is 2. The van der Waals surface area contributed by atoms with E-state index in [4.69, 9.17) is 4.74 Å². The number of carboxylic acids is 1. The van der Waals surface area contributed by atoms with Gasteiger partial charge in [0.2, 0.25) is 5.91 Å². The third kappa shape index (κ3) is 4.05. The first-order valence-corrected chi connectivity index (χ1v) is 10.7. The molecule has 0 radical (unpaired) electrons. The van der Waals surface area contributed by atoms with Gasteiger partial charge in [-0.3, -0.25) is 4.79 Å². The van der Waals surface area contributed by atoms with Crippen molar-refractivity contribution < 1.29 is 29.3 Å². The van der Waals surface area contributed by atoms with Crippen LogP contribution >= 0.6 is 0 Å². The van der Waals surface area contributed by atoms with Gasteiger partial charge in [-0.1, -0.05) is 55.5 Å². The van der Waals surface area contributed by atoms with E-state index in [1.165, 1.54) is 0 Å². The van der Waals surface area contributed by atoms with Crippen LogP contribution in [0.1, 0.15) is 36.8 Å². The van der Waals surface area contributed by atoms with Crippen LogP contribution < -0.4 is 5.32 Å². The summed E-state index contributed by atoms with van der Waals surface area (Å²) in [7, 11) is 0. The Morgan fingerprint density at radius 1 is 1.09 bits per heavy atom. The number of carboxylic acid groups (broad SMARTS) is 1. The van der Waals surface area contributed by atoms with Crippen molar-refractivity contribution in [2.45, 2.75) is 43.9 Å². The van der Waals surface area contributed by atoms with Gasteiger partial charge in [-0.15, -0.1) is 0 Å². The summed E-state index contributed by atoms with van der Waals surface area (Å²) in [6.07, 6.45) is -1.39. The molecule has 1 fully saturated rings. The van der Waals surface area contributed by atoms with Crippen molar-refractivity contribution >= 4 is 18.0 Å². The monoisotopic (exact) mass is 438 g/mol. The third-order valence-electron chi connectivity index (χ3n) is 6.19. The highest BCUT2D eigenvalue weighted by molar-refractivity contribution is 5.90. The molecule has 0 saturated carbocycles. The molecule has 8 heteroatoms. The predicted octanol–water partition coefficient (Wildman–Crippen LogP) is 2.35. The molecule has 2 amide bonds. The summed E-state index contributed by atoms with van der Waals surface area (Å²) in [5.74, 6) is -1.81. The molecule has 3 N–H and O–H groups in total. The standard InChI is InChI=1S/C24H26N2O6/c1-2-20(22(28)26-12-14(27)11-21(26)23(29)30)25-24(31)32-13-19-17-9-5-3-7-15(17)16-8-4-6-10-18(16)19/h3-10,14,19-21,27H,2,11-13H2,1H3,(H,25,31)(H,29,30)/t14-,20-,21+/m1/s1. The highest BCUT2D eigenvalue weighted by Gasteiger charge is 2.41. The second-order valence-corrected chi connectivity index (χ2v) is 8.16. The lowest BCUT2D eigenvalue weighted by Gasteiger charge is -2.26. The minimum Gasteiger partial charge on any atom is -0.480 e. The maximum atomic E-state index is 12.8. The number of aliphatic hydroxyl groups excluding tert-OH is 1. The molecule has 0 unspecified atom stereocenters. The summed E-state index contributed by atoms with van der Waals surface area (Å²) >= 11 is 0. The van der Waals surface area contributed by atoms with Crippen molar-refractivity contribution in [1.82, 2.24) is 10.2 Å². The number of carbonyl (C=O) groups is 3. The minimum absolute atomic E-state index is 0.0253. The zero-order chi connectivity index (χ0) is 22.8. The molecule has 0 spiro atoms. The van der Waals surface area contributed by atoms with Crippen LogP contribution in [0.5, 0.6) is 0 Å². The molecule has 32 heavy (non-hydrogen) atoms. The van der Waals surface area contributed by atoms with Crippen molar-refractivity contribution in [3.05, 3.63) is 59.7 Å². The van der Waals surface area contributed by atoms with Crippen LogP contribution in [0.25, 0.3) is 11.1 Å². The first-order chi connectivity index (χ1) is 15.4. The molecule has 2 aliphatic rings.